The summed E-state index contributed by atoms with van der Waals surface area (Å²) in [4.78, 5) is 0. The zero-order valence-corrected chi connectivity index (χ0v) is 19.0. The largest absolute Gasteiger partial charge is 0.399 e. The van der Waals surface area contributed by atoms with Gasteiger partial charge in [0.25, 0.3) is 0 Å². The molecule has 0 aliphatic carbocycles. The molecule has 1 atom stereocenters. The van der Waals surface area contributed by atoms with Gasteiger partial charge in [0.05, 0.1) is 0 Å². The van der Waals surface area contributed by atoms with Gasteiger partial charge in [-0.25, -0.2) is 9.13 Å². The average Bonchev–Trinajstić information content (AvgIpc) is 2.68. The van der Waals surface area contributed by atoms with Crippen molar-refractivity contribution >= 4 is 7.83 Å². The number of hydrogen-bond acceptors (Lipinski definition) is 2. The molecule has 1 aliphatic heterocycles. The maximum absolute atomic E-state index is 11.3. The fraction of sp³-hybridized carbons (Fsp3) is 1.00. The maximum Gasteiger partial charge on any atom is 0.399 e. The van der Waals surface area contributed by atoms with E-state index in [2.05, 4.69) is 6.92 Å². The normalized spacial score (nSPS) is 18.0. The molecule has 0 bridgehead atoms. The molecule has 1 unspecified atom stereocenters. The van der Waals surface area contributed by atoms with E-state index >= 15 is 0 Å². The Kier molecular flexibility index (Phi) is 16.5. The molecule has 0 radical (unpaired) electrons. The average molecular weight is 400 g/mol. The first kappa shape index (κ1) is 24.9. The summed E-state index contributed by atoms with van der Waals surface area (Å²) < 4.78 is 24.3. The first-order chi connectivity index (χ1) is 13.3. The predicted octanol–water partition coefficient (Wildman–Crippen LogP) is 8.58. The van der Waals surface area contributed by atoms with E-state index in [9.17, 15) is 9.13 Å². The SMILES string of the molecule is CCCCCCCCCCCCCCCCCCC1CCCCN1P(=O)=O. The molecule has 1 saturated heterocycles. The van der Waals surface area contributed by atoms with Crippen molar-refractivity contribution in [3.8, 4) is 0 Å². The number of unbranched alkanes of at least 4 members (excludes halogenated alkanes) is 15. The zero-order chi connectivity index (χ0) is 19.6. The minimum atomic E-state index is -2.37. The van der Waals surface area contributed by atoms with Crippen LogP contribution in [-0.4, -0.2) is 17.3 Å². The van der Waals surface area contributed by atoms with Crippen LogP contribution in [0.1, 0.15) is 135 Å². The summed E-state index contributed by atoms with van der Waals surface area (Å²) in [6, 6.07) is 0.298. The van der Waals surface area contributed by atoms with Gasteiger partial charge in [0.1, 0.15) is 0 Å². The van der Waals surface area contributed by atoms with Gasteiger partial charge in [0, 0.05) is 12.6 Å². The van der Waals surface area contributed by atoms with E-state index in [0.717, 1.165) is 25.8 Å². The Bertz CT molecular complexity index is 390. The molecule has 1 aliphatic rings. The van der Waals surface area contributed by atoms with Crippen molar-refractivity contribution in [3.05, 3.63) is 0 Å². The van der Waals surface area contributed by atoms with Crippen LogP contribution in [-0.2, 0) is 9.13 Å². The fourth-order valence-corrected chi connectivity index (χ4v) is 5.22. The molecule has 0 N–H and O–H groups in total. The zero-order valence-electron chi connectivity index (χ0n) is 18.1. The van der Waals surface area contributed by atoms with Crippen LogP contribution in [0, 0.1) is 0 Å². The van der Waals surface area contributed by atoms with Gasteiger partial charge in [0.15, 0.2) is 0 Å². The highest BCUT2D eigenvalue weighted by Crippen LogP contribution is 2.29. The summed E-state index contributed by atoms with van der Waals surface area (Å²) in [5.41, 5.74) is 0. The van der Waals surface area contributed by atoms with Crippen LogP contribution in [0.2, 0.25) is 0 Å². The van der Waals surface area contributed by atoms with E-state index in [0.29, 0.717) is 6.04 Å². The van der Waals surface area contributed by atoms with Gasteiger partial charge in [-0.2, -0.15) is 4.67 Å². The monoisotopic (exact) mass is 399 g/mol. The Hall–Kier alpha value is -0.140. The minimum absolute atomic E-state index is 0.298. The van der Waals surface area contributed by atoms with Crippen molar-refractivity contribution in [1.82, 2.24) is 4.67 Å². The van der Waals surface area contributed by atoms with Crippen molar-refractivity contribution in [2.45, 2.75) is 141 Å². The van der Waals surface area contributed by atoms with Crippen molar-refractivity contribution < 1.29 is 9.13 Å². The predicted molar refractivity (Wildman–Crippen MR) is 117 cm³/mol. The third-order valence-electron chi connectivity index (χ3n) is 6.20. The van der Waals surface area contributed by atoms with E-state index in [-0.39, 0.29) is 0 Å². The Morgan fingerprint density at radius 3 is 1.56 bits per heavy atom. The van der Waals surface area contributed by atoms with Gasteiger partial charge in [0.2, 0.25) is 0 Å². The highest BCUT2D eigenvalue weighted by Gasteiger charge is 2.25. The van der Waals surface area contributed by atoms with Gasteiger partial charge < -0.3 is 0 Å². The van der Waals surface area contributed by atoms with Gasteiger partial charge in [-0.05, 0) is 19.3 Å². The number of hydrogen-bond donors (Lipinski definition) is 0. The lowest BCUT2D eigenvalue weighted by Gasteiger charge is -2.29. The first-order valence-electron chi connectivity index (χ1n) is 12.2. The van der Waals surface area contributed by atoms with E-state index in [1.807, 2.05) is 0 Å². The Morgan fingerprint density at radius 1 is 0.667 bits per heavy atom. The second kappa shape index (κ2) is 17.9. The molecule has 1 fully saturated rings. The lowest BCUT2D eigenvalue weighted by Crippen LogP contribution is -2.32. The van der Waals surface area contributed by atoms with Gasteiger partial charge in [-0.15, -0.1) is 0 Å². The van der Waals surface area contributed by atoms with Gasteiger partial charge in [-0.1, -0.05) is 116 Å². The smallest absolute Gasteiger partial charge is 0.218 e. The van der Waals surface area contributed by atoms with Crippen LogP contribution < -0.4 is 0 Å². The summed E-state index contributed by atoms with van der Waals surface area (Å²) >= 11 is 0. The molecule has 0 spiro atoms. The topological polar surface area (TPSA) is 37.4 Å². The van der Waals surface area contributed by atoms with Crippen molar-refractivity contribution in [3.63, 3.8) is 0 Å². The third-order valence-corrected chi connectivity index (χ3v) is 7.14. The molecular weight excluding hydrogens is 353 g/mol. The lowest BCUT2D eigenvalue weighted by molar-refractivity contribution is 0.231. The second-order valence-electron chi connectivity index (χ2n) is 8.64. The standard InChI is InChI=1S/C23H46NO2P/c1-2-3-4-5-6-7-8-9-10-11-12-13-14-15-16-17-20-23-21-18-19-22-24(23)27(25)26/h23H,2-22H2,1H3. The molecule has 4 heteroatoms. The Morgan fingerprint density at radius 2 is 1.11 bits per heavy atom. The van der Waals surface area contributed by atoms with Gasteiger partial charge in [-0.3, -0.25) is 0 Å². The Balaban J connectivity index is 1.80. The van der Waals surface area contributed by atoms with Crippen molar-refractivity contribution in [2.75, 3.05) is 6.54 Å². The van der Waals surface area contributed by atoms with E-state index in [1.54, 1.807) is 4.67 Å². The highest BCUT2D eigenvalue weighted by molar-refractivity contribution is 7.27. The molecule has 0 aromatic heterocycles. The van der Waals surface area contributed by atoms with Crippen molar-refractivity contribution in [1.29, 1.82) is 0 Å². The highest BCUT2D eigenvalue weighted by atomic mass is 31.1. The van der Waals surface area contributed by atoms with E-state index in [4.69, 9.17) is 0 Å². The Labute approximate surface area is 169 Å². The number of nitrogens with zero attached hydrogens (tertiary/aromatic N) is 1. The molecule has 1 heterocycles. The minimum Gasteiger partial charge on any atom is -0.218 e. The first-order valence-corrected chi connectivity index (χ1v) is 13.3. The van der Waals surface area contributed by atoms with E-state index < -0.39 is 7.83 Å². The summed E-state index contributed by atoms with van der Waals surface area (Å²) in [5, 5.41) is 0. The molecule has 3 nitrogen and oxygen atoms in total. The third kappa shape index (κ3) is 13.6. The molecule has 0 saturated carbocycles. The van der Waals surface area contributed by atoms with Crippen LogP contribution in [0.4, 0.5) is 0 Å². The fourth-order valence-electron chi connectivity index (χ4n) is 4.42. The molecular formula is C23H46NO2P. The summed E-state index contributed by atoms with van der Waals surface area (Å²) in [6.07, 6.45) is 26.6. The molecule has 1 rings (SSSR count). The second-order valence-corrected chi connectivity index (χ2v) is 9.63. The molecule has 0 amide bonds. The quantitative estimate of drug-likeness (QED) is 0.171. The van der Waals surface area contributed by atoms with Crippen LogP contribution in [0.15, 0.2) is 0 Å². The van der Waals surface area contributed by atoms with Crippen LogP contribution >= 0.6 is 7.83 Å². The molecule has 27 heavy (non-hydrogen) atoms. The lowest BCUT2D eigenvalue weighted by atomic mass is 9.98. The maximum atomic E-state index is 11.3. The van der Waals surface area contributed by atoms with Crippen molar-refractivity contribution in [2.24, 2.45) is 0 Å². The number of rotatable bonds is 18. The van der Waals surface area contributed by atoms with Crippen LogP contribution in [0.3, 0.4) is 0 Å². The summed E-state index contributed by atoms with van der Waals surface area (Å²) in [5.74, 6) is 0. The summed E-state index contributed by atoms with van der Waals surface area (Å²) in [6.45, 7) is 3.04. The van der Waals surface area contributed by atoms with Crippen LogP contribution in [0.5, 0.6) is 0 Å². The van der Waals surface area contributed by atoms with E-state index in [1.165, 1.54) is 109 Å². The molecule has 0 aromatic rings. The summed E-state index contributed by atoms with van der Waals surface area (Å²) in [7, 11) is -2.37. The molecule has 160 valence electrons. The van der Waals surface area contributed by atoms with Gasteiger partial charge >= 0.3 is 7.83 Å². The number of piperidine rings is 1. The van der Waals surface area contributed by atoms with Crippen LogP contribution in [0.25, 0.3) is 0 Å². The molecule has 0 aromatic carbocycles.